The Morgan fingerprint density at radius 1 is 0.878 bits per heavy atom. The second kappa shape index (κ2) is 10.5. The Morgan fingerprint density at radius 3 is 2.37 bits per heavy atom. The monoisotopic (exact) mass is 549 g/mol. The van der Waals surface area contributed by atoms with Crippen molar-refractivity contribution in [2.24, 2.45) is 7.05 Å². The van der Waals surface area contributed by atoms with Crippen LogP contribution in [0.15, 0.2) is 55.0 Å². The van der Waals surface area contributed by atoms with Crippen molar-refractivity contribution in [2.45, 2.75) is 44.7 Å². The van der Waals surface area contributed by atoms with E-state index in [1.807, 2.05) is 7.05 Å². The standard InChI is InChI=1S/C32H39N9/c1-21-4-13-27-28(18-21)39(3)32(37-27)36-23-7-5-22(6-8-23)26-19-41(31-29(26)30(33)34-20-35-31)25-11-9-24(10-12-25)40-16-14-38(2)15-17-40/h4-8,13,18-20,24-25H,9-12,14-17H2,1-3H3,(H,36,37)(H2,33,34,35)/t24-,25+. The summed E-state index contributed by atoms with van der Waals surface area (Å²) in [6.45, 7) is 6.83. The number of nitrogens with one attached hydrogen (secondary N) is 1. The van der Waals surface area contributed by atoms with E-state index in [-0.39, 0.29) is 0 Å². The molecule has 2 aliphatic rings. The number of rotatable bonds is 5. The molecule has 0 bridgehead atoms. The van der Waals surface area contributed by atoms with Crippen LogP contribution in [0.2, 0.25) is 0 Å². The lowest BCUT2D eigenvalue weighted by Crippen LogP contribution is -2.49. The van der Waals surface area contributed by atoms with Crippen LogP contribution in [0.3, 0.4) is 0 Å². The lowest BCUT2D eigenvalue weighted by molar-refractivity contribution is 0.0828. The summed E-state index contributed by atoms with van der Waals surface area (Å²) >= 11 is 0. The molecule has 4 heterocycles. The number of fused-ring (bicyclic) bond motifs is 2. The third kappa shape index (κ3) is 4.83. The highest BCUT2D eigenvalue weighted by Crippen LogP contribution is 2.39. The highest BCUT2D eigenvalue weighted by molar-refractivity contribution is 6.00. The molecule has 5 aromatic rings. The normalized spacial score (nSPS) is 20.7. The van der Waals surface area contributed by atoms with Crippen LogP contribution in [0, 0.1) is 6.92 Å². The number of anilines is 3. The van der Waals surface area contributed by atoms with Crippen molar-refractivity contribution in [3.63, 3.8) is 0 Å². The highest BCUT2D eigenvalue weighted by atomic mass is 15.3. The SMILES string of the molecule is Cc1ccc2nc(Nc3ccc(-c4cn([C@H]5CC[C@@H](N6CCN(C)CC6)CC5)c5ncnc(N)c45)cc3)n(C)c2c1. The summed E-state index contributed by atoms with van der Waals surface area (Å²) in [6, 6.07) is 15.9. The smallest absolute Gasteiger partial charge is 0.208 e. The molecule has 212 valence electrons. The minimum absolute atomic E-state index is 0.423. The Kier molecular flexibility index (Phi) is 6.63. The summed E-state index contributed by atoms with van der Waals surface area (Å²) < 4.78 is 4.47. The van der Waals surface area contributed by atoms with Crippen LogP contribution < -0.4 is 11.1 Å². The van der Waals surface area contributed by atoms with Gasteiger partial charge in [0, 0.05) is 62.8 Å². The topological polar surface area (TPSA) is 93.1 Å². The van der Waals surface area contributed by atoms with Gasteiger partial charge in [-0.05, 0) is 75.0 Å². The summed E-state index contributed by atoms with van der Waals surface area (Å²) in [4.78, 5) is 19.0. The molecule has 0 radical (unpaired) electrons. The number of aryl methyl sites for hydroxylation is 2. The van der Waals surface area contributed by atoms with Gasteiger partial charge in [0.05, 0.1) is 16.4 Å². The Bertz CT molecular complexity index is 1680. The lowest BCUT2D eigenvalue weighted by Gasteiger charge is -2.41. The summed E-state index contributed by atoms with van der Waals surface area (Å²) in [7, 11) is 4.27. The van der Waals surface area contributed by atoms with Crippen LogP contribution in [0.25, 0.3) is 33.2 Å². The number of hydrogen-bond donors (Lipinski definition) is 2. The molecule has 41 heavy (non-hydrogen) atoms. The molecule has 1 saturated carbocycles. The van der Waals surface area contributed by atoms with E-state index >= 15 is 0 Å². The zero-order chi connectivity index (χ0) is 28.1. The molecular weight excluding hydrogens is 510 g/mol. The van der Waals surface area contributed by atoms with Crippen LogP contribution in [0.5, 0.6) is 0 Å². The quantitative estimate of drug-likeness (QED) is 0.305. The van der Waals surface area contributed by atoms with E-state index in [0.717, 1.165) is 57.7 Å². The third-order valence-corrected chi connectivity index (χ3v) is 9.24. The molecule has 3 aromatic heterocycles. The first-order chi connectivity index (χ1) is 19.9. The van der Waals surface area contributed by atoms with Gasteiger partial charge in [-0.1, -0.05) is 18.2 Å². The van der Waals surface area contributed by atoms with Gasteiger partial charge >= 0.3 is 0 Å². The lowest BCUT2D eigenvalue weighted by atomic mass is 9.89. The maximum absolute atomic E-state index is 6.47. The Hall–Kier alpha value is -3.95. The molecule has 7 rings (SSSR count). The first-order valence-corrected chi connectivity index (χ1v) is 14.8. The second-order valence-electron chi connectivity index (χ2n) is 11.9. The highest BCUT2D eigenvalue weighted by Gasteiger charge is 2.30. The van der Waals surface area contributed by atoms with Gasteiger partial charge in [-0.15, -0.1) is 0 Å². The number of nitrogens with two attached hydrogens (primary N) is 1. The number of likely N-dealkylation sites (N-methyl/N-ethyl adjacent to an activating group) is 1. The number of nitrogens with zero attached hydrogens (tertiary/aromatic N) is 7. The van der Waals surface area contributed by atoms with E-state index in [2.05, 4.69) is 91.9 Å². The summed E-state index contributed by atoms with van der Waals surface area (Å²) in [5.41, 5.74) is 13.9. The van der Waals surface area contributed by atoms with Gasteiger partial charge in [0.25, 0.3) is 0 Å². The number of aromatic nitrogens is 5. The fourth-order valence-corrected chi connectivity index (χ4v) is 6.77. The van der Waals surface area contributed by atoms with Crippen molar-refractivity contribution < 1.29 is 0 Å². The first kappa shape index (κ1) is 26.0. The van der Waals surface area contributed by atoms with E-state index in [4.69, 9.17) is 15.7 Å². The molecule has 9 heteroatoms. The van der Waals surface area contributed by atoms with Gasteiger partial charge in [0.2, 0.25) is 5.95 Å². The van der Waals surface area contributed by atoms with Crippen molar-refractivity contribution in [1.82, 2.24) is 33.9 Å². The fraction of sp³-hybridized carbons (Fsp3) is 0.406. The van der Waals surface area contributed by atoms with Crippen molar-refractivity contribution in [3.05, 3.63) is 60.6 Å². The molecule has 0 atom stereocenters. The van der Waals surface area contributed by atoms with Gasteiger partial charge in [-0.2, -0.15) is 0 Å². The van der Waals surface area contributed by atoms with Crippen LogP contribution in [0.4, 0.5) is 17.5 Å². The van der Waals surface area contributed by atoms with Gasteiger partial charge < -0.3 is 25.1 Å². The van der Waals surface area contributed by atoms with Crippen LogP contribution in [0.1, 0.15) is 37.3 Å². The Balaban J connectivity index is 1.13. The molecule has 1 aliphatic heterocycles. The minimum atomic E-state index is 0.423. The number of nitrogen functional groups attached to an aromatic ring is 1. The predicted octanol–water partition coefficient (Wildman–Crippen LogP) is 5.35. The number of imidazole rings is 1. The molecule has 3 N–H and O–H groups in total. The molecule has 9 nitrogen and oxygen atoms in total. The number of hydrogen-bond acceptors (Lipinski definition) is 7. The third-order valence-electron chi connectivity index (χ3n) is 9.24. The average molecular weight is 550 g/mol. The number of piperazine rings is 1. The molecule has 2 aromatic carbocycles. The average Bonchev–Trinajstić information content (AvgIpc) is 3.53. The molecule has 1 aliphatic carbocycles. The summed E-state index contributed by atoms with van der Waals surface area (Å²) in [5, 5.41) is 4.43. The Morgan fingerprint density at radius 2 is 1.61 bits per heavy atom. The first-order valence-electron chi connectivity index (χ1n) is 14.8. The van der Waals surface area contributed by atoms with E-state index in [9.17, 15) is 0 Å². The Labute approximate surface area is 241 Å². The molecule has 0 unspecified atom stereocenters. The van der Waals surface area contributed by atoms with Crippen molar-refractivity contribution in [1.29, 1.82) is 0 Å². The van der Waals surface area contributed by atoms with E-state index in [1.165, 1.54) is 44.6 Å². The van der Waals surface area contributed by atoms with E-state index in [1.54, 1.807) is 6.33 Å². The molecule has 0 spiro atoms. The summed E-state index contributed by atoms with van der Waals surface area (Å²) in [6.07, 6.45) is 8.62. The van der Waals surface area contributed by atoms with E-state index < -0.39 is 0 Å². The van der Waals surface area contributed by atoms with Gasteiger partial charge in [-0.25, -0.2) is 15.0 Å². The van der Waals surface area contributed by atoms with Gasteiger partial charge in [0.15, 0.2) is 0 Å². The zero-order valence-corrected chi connectivity index (χ0v) is 24.2. The minimum Gasteiger partial charge on any atom is -0.383 e. The van der Waals surface area contributed by atoms with Crippen molar-refractivity contribution in [2.75, 3.05) is 44.3 Å². The maximum atomic E-state index is 6.47. The largest absolute Gasteiger partial charge is 0.383 e. The molecule has 1 saturated heterocycles. The van der Waals surface area contributed by atoms with Crippen molar-refractivity contribution in [3.8, 4) is 11.1 Å². The molecular formula is C32H39N9. The second-order valence-corrected chi connectivity index (χ2v) is 11.9. The molecule has 2 fully saturated rings. The van der Waals surface area contributed by atoms with Gasteiger partial charge in [0.1, 0.15) is 17.8 Å². The number of benzene rings is 2. The van der Waals surface area contributed by atoms with Crippen molar-refractivity contribution >= 4 is 39.5 Å². The maximum Gasteiger partial charge on any atom is 0.208 e. The van der Waals surface area contributed by atoms with Gasteiger partial charge in [-0.3, -0.25) is 4.90 Å². The predicted molar refractivity (Wildman–Crippen MR) is 166 cm³/mol. The molecule has 0 amide bonds. The fourth-order valence-electron chi connectivity index (χ4n) is 6.77. The van der Waals surface area contributed by atoms with E-state index in [0.29, 0.717) is 17.9 Å². The summed E-state index contributed by atoms with van der Waals surface area (Å²) in [5.74, 6) is 1.35. The van der Waals surface area contributed by atoms with Crippen LogP contribution in [-0.4, -0.2) is 73.2 Å². The van der Waals surface area contributed by atoms with Crippen LogP contribution >= 0.6 is 0 Å². The zero-order valence-electron chi connectivity index (χ0n) is 24.2. The van der Waals surface area contributed by atoms with Crippen LogP contribution in [-0.2, 0) is 7.05 Å².